The lowest BCUT2D eigenvalue weighted by Crippen LogP contribution is -2.49. The van der Waals surface area contributed by atoms with E-state index in [-0.39, 0.29) is 5.91 Å². The molecule has 0 bridgehead atoms. The number of carbonyl (C=O) groups is 1. The van der Waals surface area contributed by atoms with E-state index < -0.39 is 0 Å². The highest BCUT2D eigenvalue weighted by Crippen LogP contribution is 2.16. The molecular weight excluding hydrogens is 292 g/mol. The lowest BCUT2D eigenvalue weighted by molar-refractivity contribution is -0.132. The van der Waals surface area contributed by atoms with Gasteiger partial charge < -0.3 is 9.80 Å². The molecule has 0 atom stereocenters. The van der Waals surface area contributed by atoms with Crippen LogP contribution in [0.2, 0.25) is 0 Å². The highest BCUT2D eigenvalue weighted by atomic mass is 16.2. The van der Waals surface area contributed by atoms with Crippen LogP contribution in [0, 0.1) is 5.92 Å². The molecule has 23 heavy (non-hydrogen) atoms. The van der Waals surface area contributed by atoms with Crippen molar-refractivity contribution in [1.82, 2.24) is 24.4 Å². The molecule has 1 fully saturated rings. The molecule has 1 amide bonds. The third-order valence-corrected chi connectivity index (χ3v) is 3.95. The Labute approximate surface area is 136 Å². The van der Waals surface area contributed by atoms with Crippen molar-refractivity contribution in [3.05, 3.63) is 31.1 Å². The molecule has 1 aliphatic rings. The molecule has 2 aromatic heterocycles. The lowest BCUT2D eigenvalue weighted by Gasteiger charge is -2.35. The van der Waals surface area contributed by atoms with Gasteiger partial charge in [-0.25, -0.2) is 15.0 Å². The Balaban J connectivity index is 1.64. The maximum absolute atomic E-state index is 12.1. The largest absolute Gasteiger partial charge is 0.353 e. The molecule has 7 nitrogen and oxygen atoms in total. The Morgan fingerprint density at radius 2 is 1.91 bits per heavy atom. The highest BCUT2D eigenvalue weighted by molar-refractivity contribution is 5.76. The van der Waals surface area contributed by atoms with E-state index in [1.807, 2.05) is 21.7 Å². The summed E-state index contributed by atoms with van der Waals surface area (Å²) >= 11 is 0. The third-order valence-electron chi connectivity index (χ3n) is 3.95. The van der Waals surface area contributed by atoms with E-state index in [9.17, 15) is 4.79 Å². The molecule has 122 valence electrons. The number of anilines is 1. The summed E-state index contributed by atoms with van der Waals surface area (Å²) < 4.78 is 1.85. The van der Waals surface area contributed by atoms with Crippen molar-refractivity contribution in [2.75, 3.05) is 31.1 Å². The number of imidazole rings is 1. The van der Waals surface area contributed by atoms with Crippen molar-refractivity contribution in [2.24, 2.45) is 5.92 Å². The standard InChI is InChI=1S/C16H22N6O/c1-13(2)9-16(23)21-7-5-20(6-8-21)14-10-15(19-11-18-14)22-4-3-17-12-22/h3-4,10-13H,5-9H2,1-2H3. The summed E-state index contributed by atoms with van der Waals surface area (Å²) in [5, 5.41) is 0. The van der Waals surface area contributed by atoms with Gasteiger partial charge in [-0.3, -0.25) is 9.36 Å². The summed E-state index contributed by atoms with van der Waals surface area (Å²) in [6, 6.07) is 1.95. The summed E-state index contributed by atoms with van der Waals surface area (Å²) in [5.41, 5.74) is 0. The number of nitrogens with zero attached hydrogens (tertiary/aromatic N) is 6. The summed E-state index contributed by atoms with van der Waals surface area (Å²) in [4.78, 5) is 29.0. The average molecular weight is 314 g/mol. The Morgan fingerprint density at radius 1 is 1.17 bits per heavy atom. The van der Waals surface area contributed by atoms with Gasteiger partial charge in [0.05, 0.1) is 0 Å². The van der Waals surface area contributed by atoms with Gasteiger partial charge in [0.15, 0.2) is 0 Å². The minimum Gasteiger partial charge on any atom is -0.353 e. The van der Waals surface area contributed by atoms with Gasteiger partial charge in [-0.15, -0.1) is 0 Å². The summed E-state index contributed by atoms with van der Waals surface area (Å²) in [5.74, 6) is 2.34. The number of carbonyl (C=O) groups excluding carboxylic acids is 1. The van der Waals surface area contributed by atoms with Crippen molar-refractivity contribution in [3.63, 3.8) is 0 Å². The Kier molecular flexibility index (Phi) is 4.55. The van der Waals surface area contributed by atoms with Crippen LogP contribution in [0.25, 0.3) is 5.82 Å². The number of aromatic nitrogens is 4. The molecule has 0 radical (unpaired) electrons. The van der Waals surface area contributed by atoms with E-state index in [1.54, 1.807) is 18.9 Å². The van der Waals surface area contributed by atoms with Crippen molar-refractivity contribution in [2.45, 2.75) is 20.3 Å². The fourth-order valence-electron chi connectivity index (χ4n) is 2.71. The lowest BCUT2D eigenvalue weighted by atomic mass is 10.1. The van der Waals surface area contributed by atoms with Crippen LogP contribution in [0.1, 0.15) is 20.3 Å². The van der Waals surface area contributed by atoms with E-state index >= 15 is 0 Å². The molecule has 7 heteroatoms. The number of piperazine rings is 1. The number of amides is 1. The van der Waals surface area contributed by atoms with Crippen LogP contribution < -0.4 is 4.90 Å². The van der Waals surface area contributed by atoms with Gasteiger partial charge >= 0.3 is 0 Å². The van der Waals surface area contributed by atoms with Gasteiger partial charge in [0, 0.05) is 51.1 Å². The fourth-order valence-corrected chi connectivity index (χ4v) is 2.71. The SMILES string of the molecule is CC(C)CC(=O)N1CCN(c2cc(-n3ccnc3)ncn2)CC1. The van der Waals surface area contributed by atoms with Crippen LogP contribution in [-0.4, -0.2) is 56.5 Å². The van der Waals surface area contributed by atoms with Gasteiger partial charge in [0.25, 0.3) is 0 Å². The Bertz CT molecular complexity index is 646. The first-order chi connectivity index (χ1) is 11.1. The van der Waals surface area contributed by atoms with E-state index in [2.05, 4.69) is 33.7 Å². The molecule has 1 saturated heterocycles. The summed E-state index contributed by atoms with van der Waals surface area (Å²) in [6.07, 6.45) is 7.49. The maximum Gasteiger partial charge on any atom is 0.222 e. The molecule has 2 aromatic rings. The first-order valence-electron chi connectivity index (χ1n) is 7.96. The normalized spacial score (nSPS) is 15.3. The van der Waals surface area contributed by atoms with Gasteiger partial charge in [0.1, 0.15) is 24.3 Å². The zero-order valence-corrected chi connectivity index (χ0v) is 13.6. The second-order valence-corrected chi connectivity index (χ2v) is 6.17. The Morgan fingerprint density at radius 3 is 2.57 bits per heavy atom. The average Bonchev–Trinajstić information content (AvgIpc) is 3.09. The highest BCUT2D eigenvalue weighted by Gasteiger charge is 2.22. The minimum absolute atomic E-state index is 0.251. The molecule has 0 spiro atoms. The molecule has 1 aliphatic heterocycles. The summed E-state index contributed by atoms with van der Waals surface area (Å²) in [7, 11) is 0. The molecule has 0 N–H and O–H groups in total. The van der Waals surface area contributed by atoms with Crippen molar-refractivity contribution < 1.29 is 4.79 Å². The van der Waals surface area contributed by atoms with Crippen LogP contribution in [0.15, 0.2) is 31.1 Å². The second kappa shape index (κ2) is 6.76. The predicted molar refractivity (Wildman–Crippen MR) is 87.4 cm³/mol. The van der Waals surface area contributed by atoms with Gasteiger partial charge in [-0.05, 0) is 5.92 Å². The van der Waals surface area contributed by atoms with Crippen LogP contribution >= 0.6 is 0 Å². The quantitative estimate of drug-likeness (QED) is 0.852. The fraction of sp³-hybridized carbons (Fsp3) is 0.500. The topological polar surface area (TPSA) is 67.2 Å². The van der Waals surface area contributed by atoms with Gasteiger partial charge in [-0.2, -0.15) is 0 Å². The molecule has 3 rings (SSSR count). The van der Waals surface area contributed by atoms with E-state index in [0.717, 1.165) is 37.8 Å². The second-order valence-electron chi connectivity index (χ2n) is 6.17. The Hall–Kier alpha value is -2.44. The zero-order valence-electron chi connectivity index (χ0n) is 13.6. The van der Waals surface area contributed by atoms with Crippen LogP contribution in [-0.2, 0) is 4.79 Å². The molecular formula is C16H22N6O. The van der Waals surface area contributed by atoms with Crippen LogP contribution in [0.3, 0.4) is 0 Å². The van der Waals surface area contributed by atoms with E-state index in [4.69, 9.17) is 0 Å². The molecule has 3 heterocycles. The third kappa shape index (κ3) is 3.67. The van der Waals surface area contributed by atoms with Crippen molar-refractivity contribution >= 4 is 11.7 Å². The number of hydrogen-bond acceptors (Lipinski definition) is 5. The van der Waals surface area contributed by atoms with Gasteiger partial charge in [-0.1, -0.05) is 13.8 Å². The van der Waals surface area contributed by atoms with Crippen LogP contribution in [0.4, 0.5) is 5.82 Å². The predicted octanol–water partition coefficient (Wildman–Crippen LogP) is 1.36. The zero-order chi connectivity index (χ0) is 16.2. The number of hydrogen-bond donors (Lipinski definition) is 0. The maximum atomic E-state index is 12.1. The molecule has 0 aliphatic carbocycles. The summed E-state index contributed by atoms with van der Waals surface area (Å²) in [6.45, 7) is 7.24. The molecule has 0 saturated carbocycles. The number of rotatable bonds is 4. The smallest absolute Gasteiger partial charge is 0.222 e. The van der Waals surface area contributed by atoms with Gasteiger partial charge in [0.2, 0.25) is 5.91 Å². The molecule has 0 unspecified atom stereocenters. The van der Waals surface area contributed by atoms with Crippen LogP contribution in [0.5, 0.6) is 0 Å². The minimum atomic E-state index is 0.251. The van der Waals surface area contributed by atoms with E-state index in [1.165, 1.54) is 0 Å². The van der Waals surface area contributed by atoms with Crippen molar-refractivity contribution in [1.29, 1.82) is 0 Å². The van der Waals surface area contributed by atoms with E-state index in [0.29, 0.717) is 12.3 Å². The first kappa shape index (κ1) is 15.5. The molecule has 0 aromatic carbocycles. The monoisotopic (exact) mass is 314 g/mol. The van der Waals surface area contributed by atoms with Crippen molar-refractivity contribution in [3.8, 4) is 5.82 Å². The first-order valence-corrected chi connectivity index (χ1v) is 7.96.